The van der Waals surface area contributed by atoms with E-state index in [1.54, 1.807) is 42.5 Å². The summed E-state index contributed by atoms with van der Waals surface area (Å²) in [5.74, 6) is 1.00. The van der Waals surface area contributed by atoms with Crippen molar-refractivity contribution in [3.05, 3.63) is 58.1 Å². The molecule has 0 bridgehead atoms. The van der Waals surface area contributed by atoms with Gasteiger partial charge in [-0.2, -0.15) is 0 Å². The zero-order chi connectivity index (χ0) is 19.1. The monoisotopic (exact) mass is 410 g/mol. The second-order valence-corrected chi connectivity index (χ2v) is 7.40. The average Bonchev–Trinajstić information content (AvgIpc) is 2.53. The molecule has 0 spiro atoms. The van der Waals surface area contributed by atoms with Crippen molar-refractivity contribution in [3.63, 3.8) is 0 Å². The zero-order valence-corrected chi connectivity index (χ0v) is 16.8. The lowest BCUT2D eigenvalue weighted by molar-refractivity contribution is 0.0977. The molecule has 2 aromatic rings. The highest BCUT2D eigenvalue weighted by atomic mass is 35.5. The van der Waals surface area contributed by atoms with Crippen molar-refractivity contribution in [1.29, 1.82) is 0 Å². The molecular weight excluding hydrogens is 391 g/mol. The summed E-state index contributed by atoms with van der Waals surface area (Å²) >= 11 is 17.0. The first kappa shape index (κ1) is 20.5. The first-order chi connectivity index (χ1) is 12.3. The van der Waals surface area contributed by atoms with Gasteiger partial charge in [-0.15, -0.1) is 0 Å². The number of thiocarbonyl (C=S) groups is 1. The minimum absolute atomic E-state index is 0.158. The van der Waals surface area contributed by atoms with Crippen molar-refractivity contribution >= 4 is 52.1 Å². The van der Waals surface area contributed by atoms with E-state index in [1.807, 2.05) is 0 Å². The summed E-state index contributed by atoms with van der Waals surface area (Å²) in [7, 11) is 0. The number of hydrogen-bond donors (Lipinski definition) is 2. The van der Waals surface area contributed by atoms with Crippen LogP contribution in [-0.2, 0) is 0 Å². The van der Waals surface area contributed by atoms with Crippen LogP contribution in [0.5, 0.6) is 5.75 Å². The Hall–Kier alpha value is -1.82. The summed E-state index contributed by atoms with van der Waals surface area (Å²) in [6.07, 6.45) is 0.982. The van der Waals surface area contributed by atoms with Crippen LogP contribution < -0.4 is 15.4 Å². The lowest BCUT2D eigenvalue weighted by Gasteiger charge is -2.11. The third-order valence-electron chi connectivity index (χ3n) is 3.43. The zero-order valence-electron chi connectivity index (χ0n) is 14.5. The maximum atomic E-state index is 12.3. The van der Waals surface area contributed by atoms with Crippen molar-refractivity contribution in [2.75, 3.05) is 11.9 Å². The summed E-state index contributed by atoms with van der Waals surface area (Å²) in [5.41, 5.74) is 1.08. The van der Waals surface area contributed by atoms with E-state index in [4.69, 9.17) is 40.2 Å². The SMILES string of the molecule is CC(C)CCOc1ccc(C(=O)NC(=S)Nc2cc(Cl)cc(Cl)c2)cc1. The molecule has 2 aromatic carbocycles. The molecule has 0 atom stereocenters. The van der Waals surface area contributed by atoms with Crippen LogP contribution in [0.1, 0.15) is 30.6 Å². The summed E-state index contributed by atoms with van der Waals surface area (Å²) < 4.78 is 5.64. The third-order valence-corrected chi connectivity index (χ3v) is 4.07. The number of ether oxygens (including phenoxy) is 1. The third kappa shape index (κ3) is 6.83. The number of nitrogens with one attached hydrogen (secondary N) is 2. The van der Waals surface area contributed by atoms with Crippen molar-refractivity contribution < 1.29 is 9.53 Å². The molecule has 26 heavy (non-hydrogen) atoms. The largest absolute Gasteiger partial charge is 0.494 e. The topological polar surface area (TPSA) is 50.4 Å². The fraction of sp³-hybridized carbons (Fsp3) is 0.263. The number of carbonyl (C=O) groups is 1. The summed E-state index contributed by atoms with van der Waals surface area (Å²) in [5, 5.41) is 6.60. The molecule has 0 fully saturated rings. The maximum absolute atomic E-state index is 12.3. The van der Waals surface area contributed by atoms with Gasteiger partial charge in [0.15, 0.2) is 5.11 Å². The van der Waals surface area contributed by atoms with Crippen LogP contribution in [0.2, 0.25) is 10.0 Å². The molecule has 7 heteroatoms. The van der Waals surface area contributed by atoms with E-state index in [2.05, 4.69) is 24.5 Å². The fourth-order valence-corrected chi connectivity index (χ4v) is 2.82. The van der Waals surface area contributed by atoms with Gasteiger partial charge >= 0.3 is 0 Å². The highest BCUT2D eigenvalue weighted by molar-refractivity contribution is 7.80. The first-order valence-electron chi connectivity index (χ1n) is 8.15. The van der Waals surface area contributed by atoms with Crippen LogP contribution in [0.15, 0.2) is 42.5 Å². The van der Waals surface area contributed by atoms with Crippen molar-refractivity contribution in [3.8, 4) is 5.75 Å². The van der Waals surface area contributed by atoms with Crippen LogP contribution in [0.4, 0.5) is 5.69 Å². The Bertz CT molecular complexity index is 759. The molecule has 0 aromatic heterocycles. The number of halogens is 2. The first-order valence-corrected chi connectivity index (χ1v) is 9.31. The highest BCUT2D eigenvalue weighted by Crippen LogP contribution is 2.22. The van der Waals surface area contributed by atoms with Crippen molar-refractivity contribution in [2.45, 2.75) is 20.3 Å². The highest BCUT2D eigenvalue weighted by Gasteiger charge is 2.09. The molecule has 0 radical (unpaired) electrons. The molecule has 0 saturated heterocycles. The van der Waals surface area contributed by atoms with Crippen LogP contribution in [0.3, 0.4) is 0 Å². The van der Waals surface area contributed by atoms with E-state index >= 15 is 0 Å². The number of hydrogen-bond acceptors (Lipinski definition) is 3. The van der Waals surface area contributed by atoms with E-state index in [0.717, 1.165) is 12.2 Å². The Morgan fingerprint density at radius 3 is 2.31 bits per heavy atom. The molecule has 0 aliphatic carbocycles. The van der Waals surface area contributed by atoms with Crippen molar-refractivity contribution in [2.24, 2.45) is 5.92 Å². The standard InChI is InChI=1S/C19H20Cl2N2O2S/c1-12(2)7-8-25-17-5-3-13(4-6-17)18(24)23-19(26)22-16-10-14(20)9-15(21)11-16/h3-6,9-12H,7-8H2,1-2H3,(H2,22,23,24,26). The molecule has 2 rings (SSSR count). The number of anilines is 1. The van der Waals surface area contributed by atoms with Gasteiger partial charge in [-0.25, -0.2) is 0 Å². The van der Waals surface area contributed by atoms with Crippen LogP contribution >= 0.6 is 35.4 Å². The van der Waals surface area contributed by atoms with Gasteiger partial charge in [-0.05, 0) is 67.0 Å². The van der Waals surface area contributed by atoms with Gasteiger partial charge in [0.05, 0.1) is 6.61 Å². The lowest BCUT2D eigenvalue weighted by Crippen LogP contribution is -2.34. The van der Waals surface area contributed by atoms with Crippen LogP contribution in [0.25, 0.3) is 0 Å². The van der Waals surface area contributed by atoms with Gasteiger partial charge in [-0.1, -0.05) is 37.0 Å². The second-order valence-electron chi connectivity index (χ2n) is 6.12. The Morgan fingerprint density at radius 1 is 1.12 bits per heavy atom. The second kappa shape index (κ2) is 9.76. The summed E-state index contributed by atoms with van der Waals surface area (Å²) in [6.45, 7) is 4.94. The van der Waals surface area contributed by atoms with E-state index in [-0.39, 0.29) is 11.0 Å². The van der Waals surface area contributed by atoms with Gasteiger partial charge < -0.3 is 10.1 Å². The lowest BCUT2D eigenvalue weighted by atomic mass is 10.1. The fourth-order valence-electron chi connectivity index (χ4n) is 2.08. The minimum atomic E-state index is -0.315. The molecular formula is C19H20Cl2N2O2S. The summed E-state index contributed by atoms with van der Waals surface area (Å²) in [4.78, 5) is 12.3. The van der Waals surface area contributed by atoms with Crippen LogP contribution in [-0.4, -0.2) is 17.6 Å². The predicted molar refractivity (Wildman–Crippen MR) is 112 cm³/mol. The number of rotatable bonds is 6. The Labute approximate surface area is 168 Å². The Kier molecular flexibility index (Phi) is 7.69. The molecule has 4 nitrogen and oxygen atoms in total. The molecule has 1 amide bonds. The van der Waals surface area contributed by atoms with Gasteiger partial charge in [-0.3, -0.25) is 10.1 Å². The van der Waals surface area contributed by atoms with E-state index in [9.17, 15) is 4.79 Å². The molecule has 2 N–H and O–H groups in total. The predicted octanol–water partition coefficient (Wildman–Crippen LogP) is 5.55. The number of amides is 1. The normalized spacial score (nSPS) is 10.5. The van der Waals surface area contributed by atoms with E-state index < -0.39 is 0 Å². The minimum Gasteiger partial charge on any atom is -0.494 e. The van der Waals surface area contributed by atoms with Gasteiger partial charge in [0.1, 0.15) is 5.75 Å². The molecule has 0 heterocycles. The number of benzene rings is 2. The molecule has 0 saturated carbocycles. The van der Waals surface area contributed by atoms with Crippen molar-refractivity contribution in [1.82, 2.24) is 5.32 Å². The summed E-state index contributed by atoms with van der Waals surface area (Å²) in [6, 6.07) is 11.9. The van der Waals surface area contributed by atoms with E-state index in [0.29, 0.717) is 33.8 Å². The van der Waals surface area contributed by atoms with Gasteiger partial charge in [0.2, 0.25) is 0 Å². The molecule has 0 aliphatic heterocycles. The molecule has 0 aliphatic rings. The Balaban J connectivity index is 1.89. The van der Waals surface area contributed by atoms with Gasteiger partial charge in [0, 0.05) is 21.3 Å². The average molecular weight is 411 g/mol. The Morgan fingerprint density at radius 2 is 1.73 bits per heavy atom. The molecule has 0 unspecified atom stereocenters. The van der Waals surface area contributed by atoms with Gasteiger partial charge in [0.25, 0.3) is 5.91 Å². The maximum Gasteiger partial charge on any atom is 0.257 e. The quantitative estimate of drug-likeness (QED) is 0.613. The smallest absolute Gasteiger partial charge is 0.257 e. The molecule has 138 valence electrons. The number of carbonyl (C=O) groups excluding carboxylic acids is 1. The van der Waals surface area contributed by atoms with Crippen LogP contribution in [0, 0.1) is 5.92 Å². The van der Waals surface area contributed by atoms with E-state index in [1.165, 1.54) is 0 Å².